The van der Waals surface area contributed by atoms with Crippen LogP contribution in [0.4, 0.5) is 10.1 Å². The zero-order chi connectivity index (χ0) is 22.6. The van der Waals surface area contributed by atoms with Crippen molar-refractivity contribution in [3.63, 3.8) is 0 Å². The SMILES string of the molecule is CCCCC(NO)(c1ccc(Cl)c(Cl)c1)N1CCN(c2ccc(F)cc2)C=C1S(=O)O. The lowest BCUT2D eigenvalue weighted by atomic mass is 9.92. The molecule has 1 aliphatic rings. The Hall–Kier alpha value is -1.68. The van der Waals surface area contributed by atoms with Crippen LogP contribution in [0, 0.1) is 5.82 Å². The number of nitrogens with one attached hydrogen (secondary N) is 1. The maximum absolute atomic E-state index is 13.3. The topological polar surface area (TPSA) is 76.0 Å². The number of nitrogens with zero attached hydrogens (tertiary/aromatic N) is 2. The van der Waals surface area contributed by atoms with Crippen molar-refractivity contribution in [3.05, 3.63) is 75.1 Å². The Kier molecular flexibility index (Phi) is 7.96. The van der Waals surface area contributed by atoms with E-state index in [1.165, 1.54) is 12.1 Å². The molecule has 31 heavy (non-hydrogen) atoms. The minimum absolute atomic E-state index is 0.0966. The van der Waals surface area contributed by atoms with Crippen molar-refractivity contribution in [1.82, 2.24) is 10.4 Å². The molecule has 2 aromatic carbocycles. The van der Waals surface area contributed by atoms with Crippen LogP contribution in [-0.4, -0.2) is 32.0 Å². The molecule has 0 aliphatic carbocycles. The first-order valence-corrected chi connectivity index (χ1v) is 11.7. The monoisotopic (exact) mass is 487 g/mol. The van der Waals surface area contributed by atoms with Gasteiger partial charge in [0.15, 0.2) is 0 Å². The lowest BCUT2D eigenvalue weighted by Gasteiger charge is -2.48. The molecule has 3 N–H and O–H groups in total. The zero-order valence-corrected chi connectivity index (χ0v) is 19.2. The largest absolute Gasteiger partial charge is 0.343 e. The molecule has 0 saturated carbocycles. The van der Waals surface area contributed by atoms with Gasteiger partial charge in [-0.1, -0.05) is 42.6 Å². The van der Waals surface area contributed by atoms with Gasteiger partial charge in [-0.3, -0.25) is 0 Å². The highest BCUT2D eigenvalue weighted by Gasteiger charge is 2.42. The van der Waals surface area contributed by atoms with Crippen molar-refractivity contribution in [3.8, 4) is 0 Å². The van der Waals surface area contributed by atoms with E-state index in [2.05, 4.69) is 5.48 Å². The quantitative estimate of drug-likeness (QED) is 0.346. The predicted molar refractivity (Wildman–Crippen MR) is 122 cm³/mol. The highest BCUT2D eigenvalue weighted by atomic mass is 35.5. The van der Waals surface area contributed by atoms with Crippen molar-refractivity contribution in [2.45, 2.75) is 31.8 Å². The lowest BCUT2D eigenvalue weighted by Crippen LogP contribution is -2.58. The molecule has 168 valence electrons. The molecule has 2 unspecified atom stereocenters. The number of halogens is 3. The number of hydrogen-bond acceptors (Lipinski definition) is 5. The van der Waals surface area contributed by atoms with Gasteiger partial charge in [-0.05, 0) is 54.8 Å². The molecule has 1 heterocycles. The molecular formula is C21H24Cl2FN3O3S. The van der Waals surface area contributed by atoms with Crippen LogP contribution >= 0.6 is 23.2 Å². The maximum Gasteiger partial charge on any atom is 0.205 e. The molecule has 0 amide bonds. The Morgan fingerprint density at radius 3 is 2.45 bits per heavy atom. The van der Waals surface area contributed by atoms with Gasteiger partial charge in [0.2, 0.25) is 11.1 Å². The number of hydrogen-bond donors (Lipinski definition) is 3. The minimum atomic E-state index is -2.36. The minimum Gasteiger partial charge on any atom is -0.343 e. The fourth-order valence-electron chi connectivity index (χ4n) is 3.74. The van der Waals surface area contributed by atoms with Gasteiger partial charge in [-0.2, -0.15) is 5.48 Å². The number of rotatable bonds is 8. The second-order valence-corrected chi connectivity index (χ2v) is 8.97. The fraction of sp³-hybridized carbons (Fsp3) is 0.333. The molecule has 0 radical (unpaired) electrons. The van der Waals surface area contributed by atoms with Gasteiger partial charge < -0.3 is 19.6 Å². The average molecular weight is 488 g/mol. The van der Waals surface area contributed by atoms with Crippen LogP contribution in [0.3, 0.4) is 0 Å². The highest BCUT2D eigenvalue weighted by molar-refractivity contribution is 7.83. The van der Waals surface area contributed by atoms with E-state index in [4.69, 9.17) is 23.2 Å². The van der Waals surface area contributed by atoms with E-state index in [0.29, 0.717) is 40.8 Å². The first-order chi connectivity index (χ1) is 14.8. The van der Waals surface area contributed by atoms with Crippen molar-refractivity contribution < 1.29 is 18.4 Å². The third-order valence-electron chi connectivity index (χ3n) is 5.37. The van der Waals surface area contributed by atoms with Gasteiger partial charge in [0.25, 0.3) is 0 Å². The Labute approximate surface area is 193 Å². The summed E-state index contributed by atoms with van der Waals surface area (Å²) in [5.74, 6) is -0.361. The van der Waals surface area contributed by atoms with Gasteiger partial charge in [-0.25, -0.2) is 8.60 Å². The van der Waals surface area contributed by atoms with E-state index in [9.17, 15) is 18.4 Å². The summed E-state index contributed by atoms with van der Waals surface area (Å²) in [5.41, 5.74) is 2.51. The summed E-state index contributed by atoms with van der Waals surface area (Å²) in [6.45, 7) is 2.78. The molecule has 0 fully saturated rings. The van der Waals surface area contributed by atoms with E-state index >= 15 is 0 Å². The summed E-state index contributed by atoms with van der Waals surface area (Å²) in [6.07, 6.45) is 3.57. The molecule has 3 rings (SSSR count). The smallest absolute Gasteiger partial charge is 0.205 e. The Bertz CT molecular complexity index is 977. The summed E-state index contributed by atoms with van der Waals surface area (Å²) in [7, 11) is 0. The summed E-state index contributed by atoms with van der Waals surface area (Å²) in [4.78, 5) is 3.45. The van der Waals surface area contributed by atoms with Crippen molar-refractivity contribution in [2.75, 3.05) is 18.0 Å². The average Bonchev–Trinajstić information content (AvgIpc) is 2.77. The highest BCUT2D eigenvalue weighted by Crippen LogP contribution is 2.39. The first-order valence-electron chi connectivity index (χ1n) is 9.81. The van der Waals surface area contributed by atoms with Gasteiger partial charge in [0, 0.05) is 25.0 Å². The molecule has 0 saturated heterocycles. The van der Waals surface area contributed by atoms with Gasteiger partial charge in [-0.15, -0.1) is 0 Å². The zero-order valence-electron chi connectivity index (χ0n) is 16.9. The van der Waals surface area contributed by atoms with Crippen LogP contribution in [0.2, 0.25) is 10.0 Å². The number of anilines is 1. The van der Waals surface area contributed by atoms with Crippen LogP contribution in [-0.2, 0) is 16.7 Å². The Balaban J connectivity index is 2.08. The van der Waals surface area contributed by atoms with E-state index in [-0.39, 0.29) is 10.8 Å². The standard InChI is InChI=1S/C21H24Cl2FN3O3S/c1-2-3-10-21(25-28,15-4-9-18(22)19(23)13-15)27-12-11-26(14-20(27)31(29)30)17-7-5-16(24)6-8-17/h4-9,13-14,25,28H,2-3,10-12H2,1H3,(H,29,30). The molecule has 2 aromatic rings. The van der Waals surface area contributed by atoms with Crippen LogP contribution in [0.5, 0.6) is 0 Å². The molecular weight excluding hydrogens is 464 g/mol. The fourth-order valence-corrected chi connectivity index (χ4v) is 4.69. The first kappa shape index (κ1) is 24.0. The lowest BCUT2D eigenvalue weighted by molar-refractivity contribution is -0.0426. The summed E-state index contributed by atoms with van der Waals surface area (Å²) in [5, 5.41) is 11.1. The van der Waals surface area contributed by atoms with E-state index in [1.54, 1.807) is 46.3 Å². The summed E-state index contributed by atoms with van der Waals surface area (Å²) < 4.78 is 35.8. The molecule has 0 bridgehead atoms. The van der Waals surface area contributed by atoms with Gasteiger partial charge in [0.05, 0.1) is 10.0 Å². The molecule has 2 atom stereocenters. The van der Waals surface area contributed by atoms with Crippen molar-refractivity contribution in [1.29, 1.82) is 0 Å². The van der Waals surface area contributed by atoms with Crippen molar-refractivity contribution >= 4 is 40.0 Å². The van der Waals surface area contributed by atoms with Crippen molar-refractivity contribution in [2.24, 2.45) is 0 Å². The van der Waals surface area contributed by atoms with Crippen LogP contribution in [0.15, 0.2) is 53.7 Å². The maximum atomic E-state index is 13.3. The van der Waals surface area contributed by atoms with Crippen LogP contribution in [0.1, 0.15) is 31.7 Å². The third-order valence-corrected chi connectivity index (χ3v) is 6.79. The van der Waals surface area contributed by atoms with Gasteiger partial charge >= 0.3 is 0 Å². The number of benzene rings is 2. The molecule has 6 nitrogen and oxygen atoms in total. The molecule has 1 aliphatic heterocycles. The number of hydroxylamine groups is 1. The predicted octanol–water partition coefficient (Wildman–Crippen LogP) is 5.30. The summed E-state index contributed by atoms with van der Waals surface area (Å²) in [6, 6.07) is 10.9. The van der Waals surface area contributed by atoms with E-state index in [0.717, 1.165) is 12.8 Å². The van der Waals surface area contributed by atoms with Crippen LogP contribution < -0.4 is 10.4 Å². The molecule has 0 spiro atoms. The second kappa shape index (κ2) is 10.3. The normalized spacial score (nSPS) is 17.3. The molecule has 0 aromatic heterocycles. The second-order valence-electron chi connectivity index (χ2n) is 7.24. The molecule has 10 heteroatoms. The summed E-state index contributed by atoms with van der Waals surface area (Å²) >= 11 is 9.96. The van der Waals surface area contributed by atoms with Crippen LogP contribution in [0.25, 0.3) is 0 Å². The number of unbranched alkanes of at least 4 members (excludes halogenated alkanes) is 1. The van der Waals surface area contributed by atoms with E-state index in [1.807, 2.05) is 6.92 Å². The Morgan fingerprint density at radius 1 is 1.16 bits per heavy atom. The van der Waals surface area contributed by atoms with Gasteiger partial charge in [0.1, 0.15) is 16.5 Å². The Morgan fingerprint density at radius 2 is 1.87 bits per heavy atom. The third kappa shape index (κ3) is 5.05. The van der Waals surface area contributed by atoms with E-state index < -0.39 is 16.7 Å².